The molecule has 0 aliphatic carbocycles. The fourth-order valence-electron chi connectivity index (χ4n) is 2.40. The maximum absolute atomic E-state index is 11.9. The lowest BCUT2D eigenvalue weighted by molar-refractivity contribution is -0.120. The minimum atomic E-state index is -0.0382. The molecule has 126 valence electrons. The Morgan fingerprint density at radius 3 is 2.62 bits per heavy atom. The van der Waals surface area contributed by atoms with Crippen LogP contribution in [0.5, 0.6) is 11.5 Å². The van der Waals surface area contributed by atoms with Crippen LogP contribution in [0.1, 0.15) is 11.1 Å². The lowest BCUT2D eigenvalue weighted by atomic mass is 10.1. The molecule has 3 rings (SSSR count). The first-order chi connectivity index (χ1) is 11.7. The summed E-state index contributed by atoms with van der Waals surface area (Å²) in [5.41, 5.74) is 2.17. The molecule has 0 fully saturated rings. The van der Waals surface area contributed by atoms with Crippen molar-refractivity contribution >= 4 is 17.5 Å². The van der Waals surface area contributed by atoms with Crippen LogP contribution >= 0.6 is 11.6 Å². The molecule has 1 aliphatic rings. The van der Waals surface area contributed by atoms with Gasteiger partial charge in [-0.1, -0.05) is 29.8 Å². The third kappa shape index (κ3) is 4.63. The summed E-state index contributed by atoms with van der Waals surface area (Å²) in [6, 6.07) is 13.4. The number of rotatable bonds is 7. The molecule has 1 aliphatic heterocycles. The number of hydrogen-bond acceptors (Lipinski definition) is 4. The highest BCUT2D eigenvalue weighted by Crippen LogP contribution is 2.32. The Labute approximate surface area is 145 Å². The zero-order valence-corrected chi connectivity index (χ0v) is 13.9. The van der Waals surface area contributed by atoms with Gasteiger partial charge in [-0.3, -0.25) is 4.79 Å². The number of fused-ring (bicyclic) bond motifs is 1. The summed E-state index contributed by atoms with van der Waals surface area (Å²) in [5, 5.41) is 6.75. The standard InChI is InChI=1S/C18H19ClN2O3/c19-15-4-1-13(2-5-15)7-8-20-11-18(22)21-10-14-3-6-16-17(9-14)24-12-23-16/h1-6,9,20H,7-8,10-12H2,(H,21,22). The van der Waals surface area contributed by atoms with Crippen molar-refractivity contribution in [3.05, 3.63) is 58.6 Å². The number of carbonyl (C=O) groups excluding carboxylic acids is 1. The summed E-state index contributed by atoms with van der Waals surface area (Å²) in [7, 11) is 0. The lowest BCUT2D eigenvalue weighted by Gasteiger charge is -2.08. The largest absolute Gasteiger partial charge is 0.454 e. The summed E-state index contributed by atoms with van der Waals surface area (Å²) in [5.74, 6) is 1.43. The number of carbonyl (C=O) groups is 1. The highest BCUT2D eigenvalue weighted by molar-refractivity contribution is 6.30. The van der Waals surface area contributed by atoms with Gasteiger partial charge in [0, 0.05) is 11.6 Å². The number of benzene rings is 2. The van der Waals surface area contributed by atoms with Gasteiger partial charge in [0.25, 0.3) is 0 Å². The van der Waals surface area contributed by atoms with Crippen molar-refractivity contribution < 1.29 is 14.3 Å². The Morgan fingerprint density at radius 1 is 1.04 bits per heavy atom. The molecule has 0 aromatic heterocycles. The van der Waals surface area contributed by atoms with E-state index in [1.165, 1.54) is 5.56 Å². The van der Waals surface area contributed by atoms with E-state index in [2.05, 4.69) is 10.6 Å². The van der Waals surface area contributed by atoms with Gasteiger partial charge in [0.1, 0.15) is 0 Å². The second-order valence-electron chi connectivity index (χ2n) is 5.52. The minimum absolute atomic E-state index is 0.0382. The van der Waals surface area contributed by atoms with Crippen LogP contribution < -0.4 is 20.1 Å². The molecule has 24 heavy (non-hydrogen) atoms. The fraction of sp³-hybridized carbons (Fsp3) is 0.278. The smallest absolute Gasteiger partial charge is 0.234 e. The van der Waals surface area contributed by atoms with Gasteiger partial charge >= 0.3 is 0 Å². The summed E-state index contributed by atoms with van der Waals surface area (Å²) in [4.78, 5) is 11.9. The molecule has 0 saturated carbocycles. The zero-order chi connectivity index (χ0) is 16.8. The van der Waals surface area contributed by atoms with E-state index < -0.39 is 0 Å². The van der Waals surface area contributed by atoms with Crippen LogP contribution in [0, 0.1) is 0 Å². The Hall–Kier alpha value is -2.24. The number of nitrogens with one attached hydrogen (secondary N) is 2. The second kappa shape index (κ2) is 8.04. The molecule has 1 heterocycles. The van der Waals surface area contributed by atoms with Gasteiger partial charge in [0.05, 0.1) is 6.54 Å². The molecule has 2 aromatic carbocycles. The van der Waals surface area contributed by atoms with E-state index in [1.54, 1.807) is 0 Å². The Morgan fingerprint density at radius 2 is 1.79 bits per heavy atom. The van der Waals surface area contributed by atoms with Gasteiger partial charge in [0.2, 0.25) is 12.7 Å². The van der Waals surface area contributed by atoms with Crippen LogP contribution in [0.4, 0.5) is 0 Å². The van der Waals surface area contributed by atoms with E-state index in [0.717, 1.165) is 35.1 Å². The number of ether oxygens (including phenoxy) is 2. The predicted molar refractivity (Wildman–Crippen MR) is 92.4 cm³/mol. The van der Waals surface area contributed by atoms with Crippen LogP contribution in [0.2, 0.25) is 5.02 Å². The van der Waals surface area contributed by atoms with Crippen molar-refractivity contribution in [3.8, 4) is 11.5 Å². The van der Waals surface area contributed by atoms with Gasteiger partial charge in [0.15, 0.2) is 11.5 Å². The lowest BCUT2D eigenvalue weighted by Crippen LogP contribution is -2.34. The molecular weight excluding hydrogens is 328 g/mol. The first-order valence-corrected chi connectivity index (χ1v) is 8.19. The fourth-order valence-corrected chi connectivity index (χ4v) is 2.53. The van der Waals surface area contributed by atoms with E-state index in [1.807, 2.05) is 42.5 Å². The van der Waals surface area contributed by atoms with Gasteiger partial charge in [-0.05, 0) is 48.4 Å². The summed E-state index contributed by atoms with van der Waals surface area (Å²) >= 11 is 5.85. The van der Waals surface area contributed by atoms with E-state index in [4.69, 9.17) is 21.1 Å². The van der Waals surface area contributed by atoms with Crippen LogP contribution in [0.25, 0.3) is 0 Å². The molecule has 6 heteroatoms. The number of hydrogen-bond donors (Lipinski definition) is 2. The van der Waals surface area contributed by atoms with Gasteiger partial charge in [-0.15, -0.1) is 0 Å². The minimum Gasteiger partial charge on any atom is -0.454 e. The van der Waals surface area contributed by atoms with E-state index in [0.29, 0.717) is 6.54 Å². The van der Waals surface area contributed by atoms with Crippen molar-refractivity contribution in [2.75, 3.05) is 19.9 Å². The molecule has 1 amide bonds. The Balaban J connectivity index is 1.34. The first kappa shape index (κ1) is 16.6. The van der Waals surface area contributed by atoms with Gasteiger partial charge in [-0.2, -0.15) is 0 Å². The second-order valence-corrected chi connectivity index (χ2v) is 5.95. The molecule has 2 aromatic rings. The zero-order valence-electron chi connectivity index (χ0n) is 13.2. The maximum atomic E-state index is 11.9. The maximum Gasteiger partial charge on any atom is 0.234 e. The van der Waals surface area contributed by atoms with Crippen LogP contribution in [0.3, 0.4) is 0 Å². The van der Waals surface area contributed by atoms with Crippen LogP contribution in [-0.4, -0.2) is 25.8 Å². The van der Waals surface area contributed by atoms with Crippen LogP contribution in [0.15, 0.2) is 42.5 Å². The Kier molecular flexibility index (Phi) is 5.56. The summed E-state index contributed by atoms with van der Waals surface area (Å²) < 4.78 is 10.6. The van der Waals surface area contributed by atoms with E-state index >= 15 is 0 Å². The third-order valence-corrected chi connectivity index (χ3v) is 3.97. The monoisotopic (exact) mass is 346 g/mol. The molecule has 0 saturated heterocycles. The van der Waals surface area contributed by atoms with E-state index in [9.17, 15) is 4.79 Å². The van der Waals surface area contributed by atoms with Crippen molar-refractivity contribution in [1.29, 1.82) is 0 Å². The molecule has 0 unspecified atom stereocenters. The average molecular weight is 347 g/mol. The average Bonchev–Trinajstić information content (AvgIpc) is 3.06. The number of amides is 1. The molecule has 0 spiro atoms. The molecule has 0 bridgehead atoms. The molecule has 0 radical (unpaired) electrons. The van der Waals surface area contributed by atoms with Crippen molar-refractivity contribution in [2.24, 2.45) is 0 Å². The molecule has 5 nitrogen and oxygen atoms in total. The quantitative estimate of drug-likeness (QED) is 0.756. The highest BCUT2D eigenvalue weighted by atomic mass is 35.5. The SMILES string of the molecule is O=C(CNCCc1ccc(Cl)cc1)NCc1ccc2c(c1)OCO2. The predicted octanol–water partition coefficient (Wildman–Crippen LogP) is 2.52. The third-order valence-electron chi connectivity index (χ3n) is 3.72. The molecule has 2 N–H and O–H groups in total. The topological polar surface area (TPSA) is 59.6 Å². The van der Waals surface area contributed by atoms with Crippen molar-refractivity contribution in [2.45, 2.75) is 13.0 Å². The number of halogens is 1. The Bertz CT molecular complexity index is 704. The van der Waals surface area contributed by atoms with Gasteiger partial charge < -0.3 is 20.1 Å². The molecular formula is C18H19ClN2O3. The molecule has 0 atom stereocenters. The van der Waals surface area contributed by atoms with Crippen molar-refractivity contribution in [3.63, 3.8) is 0 Å². The van der Waals surface area contributed by atoms with Gasteiger partial charge in [-0.25, -0.2) is 0 Å². The highest BCUT2D eigenvalue weighted by Gasteiger charge is 2.13. The normalized spacial score (nSPS) is 12.2. The summed E-state index contributed by atoms with van der Waals surface area (Å²) in [6.07, 6.45) is 0.854. The van der Waals surface area contributed by atoms with Crippen molar-refractivity contribution in [1.82, 2.24) is 10.6 Å². The first-order valence-electron chi connectivity index (χ1n) is 7.81. The van der Waals surface area contributed by atoms with E-state index in [-0.39, 0.29) is 19.2 Å². The van der Waals surface area contributed by atoms with Crippen LogP contribution in [-0.2, 0) is 17.8 Å². The summed E-state index contributed by atoms with van der Waals surface area (Å²) in [6.45, 7) is 1.74.